The van der Waals surface area contributed by atoms with Crippen LogP contribution in [0.2, 0.25) is 0 Å². The Hall–Kier alpha value is -3.21. The van der Waals surface area contributed by atoms with Crippen molar-refractivity contribution in [3.05, 3.63) is 36.2 Å². The third-order valence-corrected chi connectivity index (χ3v) is 4.93. The second kappa shape index (κ2) is 6.50. The molecule has 2 N–H and O–H groups in total. The summed E-state index contributed by atoms with van der Waals surface area (Å²) in [6.45, 7) is 1.68. The summed E-state index contributed by atoms with van der Waals surface area (Å²) in [7, 11) is 0. The second-order valence-electron chi connectivity index (χ2n) is 5.66. The molecule has 0 saturated heterocycles. The van der Waals surface area contributed by atoms with Crippen LogP contribution in [0.25, 0.3) is 27.8 Å². The molecule has 0 aliphatic heterocycles. The fourth-order valence-corrected chi connectivity index (χ4v) is 3.67. The van der Waals surface area contributed by atoms with Crippen LogP contribution in [0, 0.1) is 12.7 Å². The van der Waals surface area contributed by atoms with Crippen molar-refractivity contribution in [3.63, 3.8) is 0 Å². The number of hydrogen-bond acceptors (Lipinski definition) is 6. The van der Waals surface area contributed by atoms with Gasteiger partial charge < -0.3 is 4.40 Å². The first-order chi connectivity index (χ1) is 13.0. The molecule has 0 saturated carbocycles. The molecule has 0 fully saturated rings. The molecule has 0 unspecified atom stereocenters. The minimum Gasteiger partial charge on any atom is -0.301 e. The average Bonchev–Trinajstić information content (AvgIpc) is 3.28. The van der Waals surface area contributed by atoms with Crippen molar-refractivity contribution in [1.82, 2.24) is 24.6 Å². The number of anilines is 1. The van der Waals surface area contributed by atoms with E-state index in [1.807, 2.05) is 0 Å². The smallest absolute Gasteiger partial charge is 0.301 e. The van der Waals surface area contributed by atoms with E-state index < -0.39 is 6.09 Å². The largest absolute Gasteiger partial charge is 0.450 e. The number of nitrogens with one attached hydrogen (secondary N) is 2. The van der Waals surface area contributed by atoms with E-state index in [0.29, 0.717) is 32.9 Å². The highest BCUT2D eigenvalue weighted by molar-refractivity contribution is 7.98. The van der Waals surface area contributed by atoms with E-state index in [1.165, 1.54) is 24.2 Å². The van der Waals surface area contributed by atoms with Crippen molar-refractivity contribution in [1.29, 1.82) is 0 Å². The molecule has 4 rings (SSSR count). The quantitative estimate of drug-likeness (QED) is 0.516. The van der Waals surface area contributed by atoms with Gasteiger partial charge in [-0.1, -0.05) is 0 Å². The first kappa shape index (κ1) is 17.2. The molecule has 0 radical (unpaired) electrons. The summed E-state index contributed by atoms with van der Waals surface area (Å²) in [5, 5.41) is 9.74. The molecule has 1 aromatic carbocycles. The van der Waals surface area contributed by atoms with Gasteiger partial charge in [-0.05, 0) is 18.7 Å². The van der Waals surface area contributed by atoms with E-state index in [-0.39, 0.29) is 11.6 Å². The van der Waals surface area contributed by atoms with E-state index in [2.05, 4.69) is 30.4 Å². The number of thioether (sulfide) groups is 1. The molecule has 1 amide bonds. The summed E-state index contributed by atoms with van der Waals surface area (Å²) >= 11 is 1.30. The SMILES string of the molecule is CSc1c(F)c(C)c(-c2cn3cc(NC(=O)OF)nc3cn2)c2cn[nH]c12. The van der Waals surface area contributed by atoms with Gasteiger partial charge in [-0.2, -0.15) is 5.10 Å². The Morgan fingerprint density at radius 2 is 2.19 bits per heavy atom. The molecule has 138 valence electrons. The number of carbonyl (C=O) groups excluding carboxylic acids is 1. The standard InChI is InChI=1S/C16H12F2N6O2S/c1-7-12(8-3-20-23-14(8)15(27-2)13(7)17)9-5-24-6-10(22-16(25)26-18)21-11(24)4-19-9/h3-6H,1-2H3,(H,20,23)(H,22,25). The summed E-state index contributed by atoms with van der Waals surface area (Å²) in [6.07, 6.45) is 6.71. The van der Waals surface area contributed by atoms with Crippen molar-refractivity contribution in [2.75, 3.05) is 11.6 Å². The minimum absolute atomic E-state index is 0.0886. The lowest BCUT2D eigenvalue weighted by molar-refractivity contribution is -0.0544. The van der Waals surface area contributed by atoms with Crippen LogP contribution in [0.15, 0.2) is 29.7 Å². The number of carbonyl (C=O) groups is 1. The van der Waals surface area contributed by atoms with Crippen molar-refractivity contribution in [3.8, 4) is 11.3 Å². The lowest BCUT2D eigenvalue weighted by Gasteiger charge is -2.12. The van der Waals surface area contributed by atoms with Gasteiger partial charge in [0.25, 0.3) is 0 Å². The van der Waals surface area contributed by atoms with Gasteiger partial charge in [0.05, 0.1) is 34.7 Å². The third kappa shape index (κ3) is 2.76. The van der Waals surface area contributed by atoms with Gasteiger partial charge in [-0.3, -0.25) is 15.4 Å². The van der Waals surface area contributed by atoms with Gasteiger partial charge in [0.15, 0.2) is 11.5 Å². The number of halogens is 2. The first-order valence-electron chi connectivity index (χ1n) is 7.67. The zero-order valence-corrected chi connectivity index (χ0v) is 14.9. The van der Waals surface area contributed by atoms with Crippen LogP contribution in [0.1, 0.15) is 5.56 Å². The molecular formula is C16H12F2N6O2S. The zero-order chi connectivity index (χ0) is 19.1. The lowest BCUT2D eigenvalue weighted by Crippen LogP contribution is -2.09. The maximum absolute atomic E-state index is 14.8. The van der Waals surface area contributed by atoms with Crippen LogP contribution in [-0.4, -0.2) is 36.9 Å². The number of amides is 1. The first-order valence-corrected chi connectivity index (χ1v) is 8.89. The number of rotatable bonds is 3. The summed E-state index contributed by atoms with van der Waals surface area (Å²) in [6, 6.07) is 0. The zero-order valence-electron chi connectivity index (χ0n) is 14.1. The van der Waals surface area contributed by atoms with Crippen molar-refractivity contribution < 1.29 is 18.7 Å². The Morgan fingerprint density at radius 3 is 2.93 bits per heavy atom. The fourth-order valence-electron chi connectivity index (χ4n) is 2.97. The summed E-state index contributed by atoms with van der Waals surface area (Å²) in [5.41, 5.74) is 2.55. The molecule has 0 aliphatic carbocycles. The Morgan fingerprint density at radius 1 is 1.37 bits per heavy atom. The number of fused-ring (bicyclic) bond motifs is 2. The van der Waals surface area contributed by atoms with E-state index in [4.69, 9.17) is 0 Å². The van der Waals surface area contributed by atoms with Crippen LogP contribution in [0.3, 0.4) is 0 Å². The molecule has 3 heterocycles. The number of hydrogen-bond donors (Lipinski definition) is 2. The highest BCUT2D eigenvalue weighted by Crippen LogP contribution is 2.38. The van der Waals surface area contributed by atoms with Crippen LogP contribution < -0.4 is 5.32 Å². The maximum Gasteiger partial charge on any atom is 0.450 e. The number of nitrogens with zero attached hydrogens (tertiary/aromatic N) is 4. The summed E-state index contributed by atoms with van der Waals surface area (Å²) < 4.78 is 28.3. The van der Waals surface area contributed by atoms with Crippen LogP contribution >= 0.6 is 11.8 Å². The highest BCUT2D eigenvalue weighted by atomic mass is 32.2. The molecule has 3 aromatic heterocycles. The van der Waals surface area contributed by atoms with E-state index in [9.17, 15) is 13.7 Å². The topological polar surface area (TPSA) is 97.2 Å². The summed E-state index contributed by atoms with van der Waals surface area (Å²) in [5.74, 6) is -0.250. The van der Waals surface area contributed by atoms with Gasteiger partial charge in [0, 0.05) is 21.7 Å². The molecule has 8 nitrogen and oxygen atoms in total. The van der Waals surface area contributed by atoms with Gasteiger partial charge in [0.2, 0.25) is 0 Å². The Labute approximate surface area is 154 Å². The van der Waals surface area contributed by atoms with Crippen molar-refractivity contribution in [2.24, 2.45) is 0 Å². The van der Waals surface area contributed by atoms with Gasteiger partial charge in [0.1, 0.15) is 5.82 Å². The average molecular weight is 390 g/mol. The number of aromatic nitrogens is 5. The number of aromatic amines is 1. The Kier molecular flexibility index (Phi) is 4.15. The van der Waals surface area contributed by atoms with Crippen LogP contribution in [0.5, 0.6) is 0 Å². The van der Waals surface area contributed by atoms with Crippen molar-refractivity contribution in [2.45, 2.75) is 11.8 Å². The number of H-pyrrole nitrogens is 1. The third-order valence-electron chi connectivity index (χ3n) is 4.14. The van der Waals surface area contributed by atoms with Gasteiger partial charge in [-0.25, -0.2) is 19.1 Å². The highest BCUT2D eigenvalue weighted by Gasteiger charge is 2.20. The Bertz CT molecular complexity index is 1190. The predicted molar refractivity (Wildman–Crippen MR) is 95.8 cm³/mol. The van der Waals surface area contributed by atoms with Crippen LogP contribution in [-0.2, 0) is 4.94 Å². The molecule has 0 atom stereocenters. The monoisotopic (exact) mass is 390 g/mol. The molecule has 0 bridgehead atoms. The van der Waals surface area contributed by atoms with Crippen molar-refractivity contribution >= 4 is 40.2 Å². The van der Waals surface area contributed by atoms with Gasteiger partial charge in [-0.15, -0.1) is 11.8 Å². The maximum atomic E-state index is 14.8. The summed E-state index contributed by atoms with van der Waals surface area (Å²) in [4.78, 5) is 23.0. The molecule has 4 aromatic rings. The molecule has 27 heavy (non-hydrogen) atoms. The molecule has 0 spiro atoms. The predicted octanol–water partition coefficient (Wildman–Crippen LogP) is 3.88. The minimum atomic E-state index is -1.28. The second-order valence-corrected chi connectivity index (χ2v) is 6.48. The van der Waals surface area contributed by atoms with E-state index in [0.717, 1.165) is 5.39 Å². The van der Waals surface area contributed by atoms with E-state index >= 15 is 0 Å². The lowest BCUT2D eigenvalue weighted by atomic mass is 10.0. The number of benzene rings is 1. The molecular weight excluding hydrogens is 378 g/mol. The van der Waals surface area contributed by atoms with Gasteiger partial charge >= 0.3 is 6.09 Å². The number of imidazole rings is 1. The van der Waals surface area contributed by atoms with Crippen LogP contribution in [0.4, 0.5) is 19.5 Å². The normalized spacial score (nSPS) is 11.3. The van der Waals surface area contributed by atoms with E-state index in [1.54, 1.807) is 30.0 Å². The Balaban J connectivity index is 1.89. The molecule has 11 heteroatoms. The fraction of sp³-hybridized carbons (Fsp3) is 0.125. The molecule has 0 aliphatic rings.